The summed E-state index contributed by atoms with van der Waals surface area (Å²) in [5, 5.41) is 0.933. The van der Waals surface area contributed by atoms with Crippen LogP contribution in [0, 0.1) is 5.82 Å². The van der Waals surface area contributed by atoms with Gasteiger partial charge in [0.1, 0.15) is 22.7 Å². The number of carbonyl (C=O) groups is 1. The maximum atomic E-state index is 13.2. The van der Waals surface area contributed by atoms with E-state index in [0.717, 1.165) is 11.3 Å². The molecule has 0 bridgehead atoms. The van der Waals surface area contributed by atoms with E-state index in [1.165, 1.54) is 12.1 Å². The van der Waals surface area contributed by atoms with Crippen LogP contribution in [0.4, 0.5) is 4.39 Å². The molecule has 0 aromatic heterocycles. The lowest BCUT2D eigenvalue weighted by atomic mass is 10.1. The second kappa shape index (κ2) is 8.66. The van der Waals surface area contributed by atoms with Crippen molar-refractivity contribution in [3.63, 3.8) is 0 Å². The molecule has 0 N–H and O–H groups in total. The van der Waals surface area contributed by atoms with Crippen molar-refractivity contribution in [2.24, 2.45) is 0 Å². The van der Waals surface area contributed by atoms with Gasteiger partial charge in [-0.2, -0.15) is 0 Å². The van der Waals surface area contributed by atoms with Gasteiger partial charge in [-0.1, -0.05) is 35.3 Å². The van der Waals surface area contributed by atoms with Crippen LogP contribution in [0.25, 0.3) is 0 Å². The molecule has 0 radical (unpaired) electrons. The van der Waals surface area contributed by atoms with Crippen molar-refractivity contribution in [3.05, 3.63) is 93.7 Å². The van der Waals surface area contributed by atoms with Gasteiger partial charge >= 0.3 is 0 Å². The van der Waals surface area contributed by atoms with Gasteiger partial charge < -0.3 is 9.64 Å². The number of rotatable bonds is 4. The fourth-order valence-electron chi connectivity index (χ4n) is 3.13. The van der Waals surface area contributed by atoms with Crippen LogP contribution >= 0.6 is 35.0 Å². The molecule has 1 saturated heterocycles. The fraction of sp³-hybridized carbons (Fsp3) is 0.136. The Morgan fingerprint density at radius 2 is 1.83 bits per heavy atom. The van der Waals surface area contributed by atoms with Crippen molar-refractivity contribution < 1.29 is 13.9 Å². The van der Waals surface area contributed by atoms with E-state index in [-0.39, 0.29) is 17.1 Å². The molecule has 1 aliphatic heterocycles. The van der Waals surface area contributed by atoms with Crippen molar-refractivity contribution in [1.82, 2.24) is 4.90 Å². The van der Waals surface area contributed by atoms with Crippen molar-refractivity contribution in [2.45, 2.75) is 5.37 Å². The monoisotopic (exact) mass is 447 g/mol. The van der Waals surface area contributed by atoms with E-state index in [1.807, 2.05) is 6.07 Å². The first kappa shape index (κ1) is 20.1. The molecule has 1 amide bonds. The lowest BCUT2D eigenvalue weighted by molar-refractivity contribution is 0.0760. The molecule has 3 aromatic rings. The summed E-state index contributed by atoms with van der Waals surface area (Å²) in [6.07, 6.45) is 0. The topological polar surface area (TPSA) is 29.5 Å². The van der Waals surface area contributed by atoms with Crippen LogP contribution in [-0.2, 0) is 0 Å². The predicted octanol–water partition coefficient (Wildman–Crippen LogP) is 6.81. The minimum Gasteiger partial charge on any atom is -0.457 e. The number of hydrogen-bond donors (Lipinski definition) is 0. The molecule has 29 heavy (non-hydrogen) atoms. The van der Waals surface area contributed by atoms with Gasteiger partial charge in [0.25, 0.3) is 5.91 Å². The van der Waals surface area contributed by atoms with E-state index in [0.29, 0.717) is 33.7 Å². The van der Waals surface area contributed by atoms with Gasteiger partial charge in [-0.3, -0.25) is 4.79 Å². The number of carbonyl (C=O) groups excluding carboxylic acids is 1. The standard InChI is InChI=1S/C22H16Cl2FNO2S/c23-15-4-9-19(20(24)13-15)22-26(10-11-29-22)21(27)14-2-1-3-18(12-14)28-17-7-5-16(25)6-8-17/h1-9,12-13,22H,10-11H2. The number of halogens is 3. The van der Waals surface area contributed by atoms with Crippen LogP contribution in [0.15, 0.2) is 66.7 Å². The molecule has 1 heterocycles. The van der Waals surface area contributed by atoms with Crippen molar-refractivity contribution >= 4 is 40.9 Å². The number of thioether (sulfide) groups is 1. The summed E-state index contributed by atoms with van der Waals surface area (Å²) < 4.78 is 18.8. The highest BCUT2D eigenvalue weighted by Crippen LogP contribution is 2.42. The fourth-order valence-corrected chi connectivity index (χ4v) is 5.00. The van der Waals surface area contributed by atoms with E-state index in [1.54, 1.807) is 65.2 Å². The average molecular weight is 448 g/mol. The molecule has 0 aliphatic carbocycles. The predicted molar refractivity (Wildman–Crippen MR) is 116 cm³/mol. The minimum atomic E-state index is -0.334. The Labute approximate surface area is 182 Å². The van der Waals surface area contributed by atoms with Gasteiger partial charge in [-0.25, -0.2) is 4.39 Å². The average Bonchev–Trinajstić information content (AvgIpc) is 3.19. The van der Waals surface area contributed by atoms with Crippen LogP contribution < -0.4 is 4.74 Å². The van der Waals surface area contributed by atoms with Gasteiger partial charge in [-0.15, -0.1) is 11.8 Å². The van der Waals surface area contributed by atoms with Crippen molar-refractivity contribution in [2.75, 3.05) is 12.3 Å². The summed E-state index contributed by atoms with van der Waals surface area (Å²) in [7, 11) is 0. The zero-order chi connectivity index (χ0) is 20.4. The number of benzene rings is 3. The first-order valence-corrected chi connectivity index (χ1v) is 10.7. The van der Waals surface area contributed by atoms with Gasteiger partial charge in [-0.05, 0) is 54.6 Å². The molecule has 1 unspecified atom stereocenters. The molecule has 3 aromatic carbocycles. The third-order valence-corrected chi connectivity index (χ3v) is 6.32. The highest BCUT2D eigenvalue weighted by molar-refractivity contribution is 7.99. The Kier molecular flexibility index (Phi) is 5.99. The van der Waals surface area contributed by atoms with Gasteiger partial charge in [0, 0.05) is 33.5 Å². The summed E-state index contributed by atoms with van der Waals surface area (Å²) in [5.41, 5.74) is 1.38. The van der Waals surface area contributed by atoms with Crippen LogP contribution in [0.3, 0.4) is 0 Å². The second-order valence-corrected chi connectivity index (χ2v) is 8.50. The van der Waals surface area contributed by atoms with Gasteiger partial charge in [0.2, 0.25) is 0 Å². The smallest absolute Gasteiger partial charge is 0.255 e. The molecule has 1 atom stereocenters. The Bertz CT molecular complexity index is 1050. The van der Waals surface area contributed by atoms with Crippen molar-refractivity contribution in [1.29, 1.82) is 0 Å². The van der Waals surface area contributed by atoms with E-state index in [9.17, 15) is 9.18 Å². The Balaban J connectivity index is 1.56. The molecule has 0 spiro atoms. The SMILES string of the molecule is O=C(c1cccc(Oc2ccc(F)cc2)c1)N1CCSC1c1ccc(Cl)cc1Cl. The molecule has 3 nitrogen and oxygen atoms in total. The second-order valence-electron chi connectivity index (χ2n) is 6.47. The quantitative estimate of drug-likeness (QED) is 0.439. The first-order valence-electron chi connectivity index (χ1n) is 8.92. The molecule has 4 rings (SSSR count). The molecular weight excluding hydrogens is 432 g/mol. The van der Waals surface area contributed by atoms with Crippen LogP contribution in [0.1, 0.15) is 21.3 Å². The molecular formula is C22H16Cl2FNO2S. The highest BCUT2D eigenvalue weighted by atomic mass is 35.5. The Hall–Kier alpha value is -2.21. The van der Waals surface area contributed by atoms with E-state index in [2.05, 4.69) is 0 Å². The summed E-state index contributed by atoms with van der Waals surface area (Å²) >= 11 is 14.0. The molecule has 7 heteroatoms. The lowest BCUT2D eigenvalue weighted by Gasteiger charge is -2.25. The van der Waals surface area contributed by atoms with Crippen LogP contribution in [0.2, 0.25) is 10.0 Å². The molecule has 1 fully saturated rings. The Morgan fingerprint density at radius 3 is 2.59 bits per heavy atom. The summed E-state index contributed by atoms with van der Waals surface area (Å²) in [5.74, 6) is 1.39. The summed E-state index contributed by atoms with van der Waals surface area (Å²) in [4.78, 5) is 15.0. The zero-order valence-corrected chi connectivity index (χ0v) is 17.5. The van der Waals surface area contributed by atoms with Crippen LogP contribution in [0.5, 0.6) is 11.5 Å². The van der Waals surface area contributed by atoms with E-state index < -0.39 is 0 Å². The summed E-state index contributed by atoms with van der Waals surface area (Å²) in [6, 6.07) is 18.0. The number of ether oxygens (including phenoxy) is 1. The maximum Gasteiger partial charge on any atom is 0.255 e. The minimum absolute atomic E-state index is 0.101. The van der Waals surface area contributed by atoms with Crippen molar-refractivity contribution in [3.8, 4) is 11.5 Å². The van der Waals surface area contributed by atoms with Gasteiger partial charge in [0.15, 0.2) is 0 Å². The lowest BCUT2D eigenvalue weighted by Crippen LogP contribution is -2.30. The highest BCUT2D eigenvalue weighted by Gasteiger charge is 2.32. The van der Waals surface area contributed by atoms with Crippen LogP contribution in [-0.4, -0.2) is 23.1 Å². The number of amides is 1. The molecule has 1 aliphatic rings. The normalized spacial score (nSPS) is 16.1. The third kappa shape index (κ3) is 4.53. The summed E-state index contributed by atoms with van der Waals surface area (Å²) in [6.45, 7) is 0.621. The molecule has 0 saturated carbocycles. The maximum absolute atomic E-state index is 13.2. The first-order chi connectivity index (χ1) is 14.0. The van der Waals surface area contributed by atoms with Gasteiger partial charge in [0.05, 0.1) is 0 Å². The van der Waals surface area contributed by atoms with E-state index in [4.69, 9.17) is 27.9 Å². The number of hydrogen-bond acceptors (Lipinski definition) is 3. The third-order valence-electron chi connectivity index (χ3n) is 4.51. The Morgan fingerprint density at radius 1 is 1.03 bits per heavy atom. The zero-order valence-electron chi connectivity index (χ0n) is 15.1. The van der Waals surface area contributed by atoms with E-state index >= 15 is 0 Å². The largest absolute Gasteiger partial charge is 0.457 e. The number of nitrogens with zero attached hydrogens (tertiary/aromatic N) is 1. The molecule has 148 valence electrons.